The van der Waals surface area contributed by atoms with Crippen LogP contribution in [-0.2, 0) is 10.0 Å². The molecule has 0 aliphatic heterocycles. The zero-order valence-electron chi connectivity index (χ0n) is 12.6. The van der Waals surface area contributed by atoms with Crippen LogP contribution in [0.4, 0.5) is 5.69 Å². The smallest absolute Gasteiger partial charge is 0.255 e. The van der Waals surface area contributed by atoms with Gasteiger partial charge < -0.3 is 15.8 Å². The third-order valence-corrected chi connectivity index (χ3v) is 4.53. The van der Waals surface area contributed by atoms with Crippen LogP contribution >= 0.6 is 11.6 Å². The van der Waals surface area contributed by atoms with Gasteiger partial charge in [-0.25, -0.2) is 13.1 Å². The number of ether oxygens (including phenoxy) is 1. The molecule has 22 heavy (non-hydrogen) atoms. The van der Waals surface area contributed by atoms with Crippen LogP contribution in [0.2, 0.25) is 5.02 Å². The average Bonchev–Trinajstić information content (AvgIpc) is 2.39. The minimum Gasteiger partial charge on any atom is -0.496 e. The summed E-state index contributed by atoms with van der Waals surface area (Å²) in [5.41, 5.74) is 6.12. The summed E-state index contributed by atoms with van der Waals surface area (Å²) in [6.45, 7) is 3.40. The molecule has 0 fully saturated rings. The topological polar surface area (TPSA) is 111 Å². The molecule has 1 aromatic rings. The van der Waals surface area contributed by atoms with Crippen molar-refractivity contribution in [3.8, 4) is 5.75 Å². The Kier molecular flexibility index (Phi) is 6.46. The molecule has 0 aliphatic rings. The second-order valence-corrected chi connectivity index (χ2v) is 7.20. The van der Waals surface area contributed by atoms with E-state index in [1.807, 2.05) is 0 Å². The normalized spacial score (nSPS) is 11.5. The Morgan fingerprint density at radius 2 is 2.05 bits per heavy atom. The van der Waals surface area contributed by atoms with E-state index < -0.39 is 15.9 Å². The number of hydrogen-bond donors (Lipinski definition) is 3. The number of amides is 1. The predicted octanol–water partition coefficient (Wildman–Crippen LogP) is 0.988. The Morgan fingerprint density at radius 1 is 1.41 bits per heavy atom. The minimum absolute atomic E-state index is 0.0357. The Balaban J connectivity index is 2.73. The number of benzene rings is 1. The molecule has 0 saturated carbocycles. The largest absolute Gasteiger partial charge is 0.496 e. The summed E-state index contributed by atoms with van der Waals surface area (Å²) in [5, 5.41) is 2.73. The molecule has 0 aliphatic carbocycles. The molecule has 0 bridgehead atoms. The lowest BCUT2D eigenvalue weighted by Crippen LogP contribution is -2.37. The first-order valence-corrected chi connectivity index (χ1v) is 8.60. The first kappa shape index (κ1) is 18.5. The lowest BCUT2D eigenvalue weighted by Gasteiger charge is -2.12. The molecule has 1 amide bonds. The third-order valence-electron chi connectivity index (χ3n) is 2.64. The van der Waals surface area contributed by atoms with E-state index in [-0.39, 0.29) is 34.7 Å². The Labute approximate surface area is 135 Å². The van der Waals surface area contributed by atoms with Gasteiger partial charge in [-0.3, -0.25) is 4.79 Å². The van der Waals surface area contributed by atoms with Crippen LogP contribution in [0, 0.1) is 0 Å². The van der Waals surface area contributed by atoms with E-state index in [9.17, 15) is 13.2 Å². The zero-order valence-corrected chi connectivity index (χ0v) is 14.2. The number of rotatable bonds is 7. The summed E-state index contributed by atoms with van der Waals surface area (Å²) >= 11 is 5.88. The number of hydrogen-bond acceptors (Lipinski definition) is 5. The van der Waals surface area contributed by atoms with Gasteiger partial charge in [-0.2, -0.15) is 0 Å². The van der Waals surface area contributed by atoms with Crippen LogP contribution in [-0.4, -0.2) is 39.8 Å². The molecule has 0 heterocycles. The first-order chi connectivity index (χ1) is 10.2. The highest BCUT2D eigenvalue weighted by Gasteiger charge is 2.16. The van der Waals surface area contributed by atoms with E-state index in [4.69, 9.17) is 22.1 Å². The lowest BCUT2D eigenvalue weighted by molar-refractivity contribution is 0.0953. The van der Waals surface area contributed by atoms with Crippen molar-refractivity contribution in [3.63, 3.8) is 0 Å². The summed E-state index contributed by atoms with van der Waals surface area (Å²) in [6.07, 6.45) is 0. The predicted molar refractivity (Wildman–Crippen MR) is 86.8 cm³/mol. The van der Waals surface area contributed by atoms with Gasteiger partial charge in [-0.05, 0) is 19.9 Å². The molecule has 0 aromatic heterocycles. The van der Waals surface area contributed by atoms with E-state index in [0.717, 1.165) is 0 Å². The van der Waals surface area contributed by atoms with Crippen molar-refractivity contribution >= 4 is 33.2 Å². The van der Waals surface area contributed by atoms with Crippen molar-refractivity contribution in [1.29, 1.82) is 0 Å². The van der Waals surface area contributed by atoms with Crippen molar-refractivity contribution in [3.05, 3.63) is 22.7 Å². The fraction of sp³-hybridized carbons (Fsp3) is 0.462. The molecule has 7 nitrogen and oxygen atoms in total. The van der Waals surface area contributed by atoms with Crippen molar-refractivity contribution in [1.82, 2.24) is 10.0 Å². The monoisotopic (exact) mass is 349 g/mol. The SMILES string of the molecule is COc1cc(N)c(Cl)cc1C(=O)NCCS(=O)(=O)NC(C)C. The Hall–Kier alpha value is -1.51. The number of carbonyl (C=O) groups excluding carboxylic acids is 1. The first-order valence-electron chi connectivity index (χ1n) is 6.57. The maximum atomic E-state index is 12.1. The van der Waals surface area contributed by atoms with Gasteiger partial charge in [-0.15, -0.1) is 0 Å². The van der Waals surface area contributed by atoms with Crippen LogP contribution in [0.3, 0.4) is 0 Å². The summed E-state index contributed by atoms with van der Waals surface area (Å²) < 4.78 is 30.8. The Morgan fingerprint density at radius 3 is 2.59 bits per heavy atom. The molecule has 1 aromatic carbocycles. The van der Waals surface area contributed by atoms with Gasteiger partial charge >= 0.3 is 0 Å². The van der Waals surface area contributed by atoms with Gasteiger partial charge in [0.25, 0.3) is 5.91 Å². The number of nitrogen functional groups attached to an aromatic ring is 1. The highest BCUT2D eigenvalue weighted by molar-refractivity contribution is 7.89. The van der Waals surface area contributed by atoms with Crippen molar-refractivity contribution < 1.29 is 17.9 Å². The number of sulfonamides is 1. The summed E-state index contributed by atoms with van der Waals surface area (Å²) in [5.74, 6) is -0.442. The number of nitrogens with two attached hydrogens (primary N) is 1. The van der Waals surface area contributed by atoms with E-state index >= 15 is 0 Å². The van der Waals surface area contributed by atoms with Crippen LogP contribution in [0.15, 0.2) is 12.1 Å². The zero-order chi connectivity index (χ0) is 16.9. The Bertz CT molecular complexity index is 647. The fourth-order valence-corrected chi connectivity index (χ4v) is 3.10. The van der Waals surface area contributed by atoms with Crippen molar-refractivity contribution in [2.45, 2.75) is 19.9 Å². The fourth-order valence-electron chi connectivity index (χ4n) is 1.73. The van der Waals surface area contributed by atoms with E-state index in [0.29, 0.717) is 5.69 Å². The van der Waals surface area contributed by atoms with Gasteiger partial charge in [-0.1, -0.05) is 11.6 Å². The van der Waals surface area contributed by atoms with E-state index in [1.165, 1.54) is 19.2 Å². The molecule has 0 radical (unpaired) electrons. The average molecular weight is 350 g/mol. The molecule has 0 atom stereocenters. The molecule has 124 valence electrons. The van der Waals surface area contributed by atoms with Crippen molar-refractivity contribution in [2.75, 3.05) is 25.1 Å². The van der Waals surface area contributed by atoms with Crippen molar-refractivity contribution in [2.24, 2.45) is 0 Å². The molecular formula is C13H20ClN3O4S. The molecule has 9 heteroatoms. The highest BCUT2D eigenvalue weighted by Crippen LogP contribution is 2.28. The molecule has 0 unspecified atom stereocenters. The maximum absolute atomic E-state index is 12.1. The molecule has 1 rings (SSSR count). The summed E-state index contributed by atoms with van der Waals surface area (Å²) in [6, 6.07) is 2.62. The second kappa shape index (κ2) is 7.66. The number of methoxy groups -OCH3 is 1. The van der Waals surface area contributed by atoms with Gasteiger partial charge in [0.15, 0.2) is 0 Å². The molecule has 4 N–H and O–H groups in total. The summed E-state index contributed by atoms with van der Waals surface area (Å²) in [7, 11) is -2.03. The van der Waals surface area contributed by atoms with Gasteiger partial charge in [0, 0.05) is 18.7 Å². The number of anilines is 1. The second-order valence-electron chi connectivity index (χ2n) is 4.92. The van der Waals surface area contributed by atoms with E-state index in [1.54, 1.807) is 13.8 Å². The highest BCUT2D eigenvalue weighted by atomic mass is 35.5. The third kappa shape index (κ3) is 5.36. The number of halogens is 1. The van der Waals surface area contributed by atoms with Crippen LogP contribution in [0.5, 0.6) is 5.75 Å². The standard InChI is InChI=1S/C13H20ClN3O4S/c1-8(2)17-22(19,20)5-4-16-13(18)9-6-10(14)11(15)7-12(9)21-3/h6-8,17H,4-5,15H2,1-3H3,(H,16,18). The number of carbonyl (C=O) groups is 1. The lowest BCUT2D eigenvalue weighted by atomic mass is 10.1. The van der Waals surface area contributed by atoms with Gasteiger partial charge in [0.05, 0.1) is 29.1 Å². The molecule has 0 spiro atoms. The molecular weight excluding hydrogens is 330 g/mol. The quantitative estimate of drug-likeness (QED) is 0.636. The molecule has 0 saturated heterocycles. The van der Waals surface area contributed by atoms with Gasteiger partial charge in [0.1, 0.15) is 5.75 Å². The van der Waals surface area contributed by atoms with Crippen LogP contribution < -0.4 is 20.5 Å². The summed E-state index contributed by atoms with van der Waals surface area (Å²) in [4.78, 5) is 12.1. The van der Waals surface area contributed by atoms with E-state index in [2.05, 4.69) is 10.0 Å². The van der Waals surface area contributed by atoms with Gasteiger partial charge in [0.2, 0.25) is 10.0 Å². The minimum atomic E-state index is -3.43. The number of nitrogens with one attached hydrogen (secondary N) is 2. The van der Waals surface area contributed by atoms with Crippen LogP contribution in [0.1, 0.15) is 24.2 Å². The maximum Gasteiger partial charge on any atom is 0.255 e. The van der Waals surface area contributed by atoms with Crippen LogP contribution in [0.25, 0.3) is 0 Å².